The van der Waals surface area contributed by atoms with Crippen LogP contribution in [0.2, 0.25) is 0 Å². The predicted octanol–water partition coefficient (Wildman–Crippen LogP) is 1.69. The lowest BCUT2D eigenvalue weighted by molar-refractivity contribution is 0.268. The zero-order valence-corrected chi connectivity index (χ0v) is 11.2. The van der Waals surface area contributed by atoms with Crippen LogP contribution in [0.5, 0.6) is 0 Å². The molecule has 0 amide bonds. The second-order valence-electron chi connectivity index (χ2n) is 4.70. The molecule has 1 heterocycles. The minimum atomic E-state index is 0.643. The third-order valence-electron chi connectivity index (χ3n) is 2.94. The summed E-state index contributed by atoms with van der Waals surface area (Å²) >= 11 is 0. The van der Waals surface area contributed by atoms with Crippen LogP contribution in [0.3, 0.4) is 0 Å². The second-order valence-corrected chi connectivity index (χ2v) is 4.70. The van der Waals surface area contributed by atoms with E-state index in [1.165, 1.54) is 19.4 Å². The van der Waals surface area contributed by atoms with Crippen molar-refractivity contribution < 1.29 is 0 Å². The number of nitrogens with zero attached hydrogens (tertiary/aromatic N) is 3. The first kappa shape index (κ1) is 14.1. The third kappa shape index (κ3) is 6.34. The van der Waals surface area contributed by atoms with Gasteiger partial charge in [0, 0.05) is 30.5 Å². The number of aromatic nitrogens is 2. The van der Waals surface area contributed by atoms with Crippen molar-refractivity contribution in [2.24, 2.45) is 0 Å². The molecule has 1 aromatic rings. The van der Waals surface area contributed by atoms with Gasteiger partial charge in [-0.3, -0.25) is 0 Å². The molecule has 1 aromatic heterocycles. The van der Waals surface area contributed by atoms with Gasteiger partial charge in [0.25, 0.3) is 0 Å². The Labute approximate surface area is 104 Å². The zero-order valence-electron chi connectivity index (χ0n) is 11.2. The maximum Gasteiger partial charge on any atom is 0.115 e. The Morgan fingerprint density at radius 2 is 1.94 bits per heavy atom. The summed E-state index contributed by atoms with van der Waals surface area (Å²) in [5.41, 5.74) is 1.15. The van der Waals surface area contributed by atoms with Gasteiger partial charge in [-0.05, 0) is 46.8 Å². The van der Waals surface area contributed by atoms with Gasteiger partial charge >= 0.3 is 0 Å². The molecule has 0 aromatic carbocycles. The summed E-state index contributed by atoms with van der Waals surface area (Å²) < 4.78 is 0. The molecule has 96 valence electrons. The molecule has 4 nitrogen and oxygen atoms in total. The molecule has 0 radical (unpaired) electrons. The molecule has 1 rings (SSSR count). The smallest absolute Gasteiger partial charge is 0.115 e. The summed E-state index contributed by atoms with van der Waals surface area (Å²) in [7, 11) is 2.18. The Kier molecular flexibility index (Phi) is 6.74. The molecule has 0 aliphatic carbocycles. The number of rotatable bonds is 8. The van der Waals surface area contributed by atoms with E-state index in [1.54, 1.807) is 6.33 Å². The van der Waals surface area contributed by atoms with Gasteiger partial charge < -0.3 is 10.2 Å². The lowest BCUT2D eigenvalue weighted by Gasteiger charge is -2.20. The fourth-order valence-corrected chi connectivity index (χ4v) is 1.52. The van der Waals surface area contributed by atoms with Gasteiger partial charge in [0.1, 0.15) is 6.33 Å². The summed E-state index contributed by atoms with van der Waals surface area (Å²) in [6.07, 6.45) is 7.72. The van der Waals surface area contributed by atoms with Gasteiger partial charge in [-0.25, -0.2) is 9.97 Å². The highest BCUT2D eigenvalue weighted by atomic mass is 15.1. The van der Waals surface area contributed by atoms with Gasteiger partial charge in [-0.1, -0.05) is 0 Å². The van der Waals surface area contributed by atoms with Crippen LogP contribution in [0.15, 0.2) is 18.7 Å². The molecular weight excluding hydrogens is 212 g/mol. The predicted molar refractivity (Wildman–Crippen MR) is 70.7 cm³/mol. The Hall–Kier alpha value is -1.00. The van der Waals surface area contributed by atoms with E-state index < -0.39 is 0 Å². The summed E-state index contributed by atoms with van der Waals surface area (Å²) in [5.74, 6) is 0. The Morgan fingerprint density at radius 1 is 1.24 bits per heavy atom. The van der Waals surface area contributed by atoms with E-state index in [0.717, 1.165) is 18.7 Å². The molecule has 0 atom stereocenters. The van der Waals surface area contributed by atoms with E-state index in [-0.39, 0.29) is 0 Å². The lowest BCUT2D eigenvalue weighted by Crippen LogP contribution is -2.27. The lowest BCUT2D eigenvalue weighted by atomic mass is 10.2. The number of hydrogen-bond acceptors (Lipinski definition) is 4. The van der Waals surface area contributed by atoms with Crippen molar-refractivity contribution in [2.75, 3.05) is 20.1 Å². The van der Waals surface area contributed by atoms with Gasteiger partial charge in [-0.2, -0.15) is 0 Å². The average Bonchev–Trinajstić information content (AvgIpc) is 2.34. The highest BCUT2D eigenvalue weighted by Gasteiger charge is 2.01. The summed E-state index contributed by atoms with van der Waals surface area (Å²) in [5, 5.41) is 3.41. The van der Waals surface area contributed by atoms with E-state index in [4.69, 9.17) is 0 Å². The molecule has 0 saturated heterocycles. The van der Waals surface area contributed by atoms with Crippen LogP contribution in [0.25, 0.3) is 0 Å². The highest BCUT2D eigenvalue weighted by Crippen LogP contribution is 1.98. The molecule has 1 N–H and O–H groups in total. The largest absolute Gasteiger partial charge is 0.313 e. The molecule has 0 aliphatic rings. The number of hydrogen-bond donors (Lipinski definition) is 1. The fourth-order valence-electron chi connectivity index (χ4n) is 1.52. The van der Waals surface area contributed by atoms with Gasteiger partial charge in [0.2, 0.25) is 0 Å². The zero-order chi connectivity index (χ0) is 12.5. The molecule has 0 unspecified atom stereocenters. The van der Waals surface area contributed by atoms with E-state index in [0.29, 0.717) is 6.04 Å². The number of nitrogens with one attached hydrogen (secondary N) is 1. The minimum Gasteiger partial charge on any atom is -0.313 e. The van der Waals surface area contributed by atoms with E-state index in [1.807, 2.05) is 12.4 Å². The van der Waals surface area contributed by atoms with Crippen LogP contribution in [0, 0.1) is 0 Å². The Balaban J connectivity index is 1.98. The van der Waals surface area contributed by atoms with Crippen molar-refractivity contribution in [2.45, 2.75) is 39.3 Å². The van der Waals surface area contributed by atoms with Crippen molar-refractivity contribution in [3.05, 3.63) is 24.3 Å². The maximum absolute atomic E-state index is 3.98. The van der Waals surface area contributed by atoms with Crippen LogP contribution in [0.4, 0.5) is 0 Å². The summed E-state index contributed by atoms with van der Waals surface area (Å²) in [6.45, 7) is 7.55. The standard InChI is InChI=1S/C13H24N4/c1-12(2)17(3)7-5-4-6-14-8-13-9-15-11-16-10-13/h9-12,14H,4-8H2,1-3H3. The van der Waals surface area contributed by atoms with Gasteiger partial charge in [-0.15, -0.1) is 0 Å². The van der Waals surface area contributed by atoms with E-state index in [2.05, 4.69) is 41.1 Å². The molecule has 4 heteroatoms. The molecule has 0 fully saturated rings. The van der Waals surface area contributed by atoms with E-state index >= 15 is 0 Å². The summed E-state index contributed by atoms with van der Waals surface area (Å²) in [6, 6.07) is 0.643. The van der Waals surface area contributed by atoms with Crippen molar-refractivity contribution in [3.63, 3.8) is 0 Å². The van der Waals surface area contributed by atoms with Crippen LogP contribution in [-0.4, -0.2) is 41.0 Å². The quantitative estimate of drug-likeness (QED) is 0.697. The Morgan fingerprint density at radius 3 is 2.59 bits per heavy atom. The van der Waals surface area contributed by atoms with Crippen molar-refractivity contribution >= 4 is 0 Å². The third-order valence-corrected chi connectivity index (χ3v) is 2.94. The topological polar surface area (TPSA) is 41.0 Å². The second kappa shape index (κ2) is 8.14. The van der Waals surface area contributed by atoms with Crippen LogP contribution >= 0.6 is 0 Å². The highest BCUT2D eigenvalue weighted by molar-refractivity contribution is 5.01. The number of unbranched alkanes of at least 4 members (excludes halogenated alkanes) is 1. The van der Waals surface area contributed by atoms with Gasteiger partial charge in [0.05, 0.1) is 0 Å². The molecule has 0 bridgehead atoms. The summed E-state index contributed by atoms with van der Waals surface area (Å²) in [4.78, 5) is 10.3. The first-order valence-electron chi connectivity index (χ1n) is 6.35. The van der Waals surface area contributed by atoms with Crippen LogP contribution in [0.1, 0.15) is 32.3 Å². The first-order chi connectivity index (χ1) is 8.20. The molecular formula is C13H24N4. The SMILES string of the molecule is CC(C)N(C)CCCCNCc1cncnc1. The van der Waals surface area contributed by atoms with Crippen molar-refractivity contribution in [1.29, 1.82) is 0 Å². The first-order valence-corrected chi connectivity index (χ1v) is 6.35. The fraction of sp³-hybridized carbons (Fsp3) is 0.692. The van der Waals surface area contributed by atoms with Crippen LogP contribution < -0.4 is 5.32 Å². The molecule has 0 spiro atoms. The normalized spacial score (nSPS) is 11.4. The monoisotopic (exact) mass is 236 g/mol. The van der Waals surface area contributed by atoms with Crippen molar-refractivity contribution in [3.8, 4) is 0 Å². The van der Waals surface area contributed by atoms with Crippen molar-refractivity contribution in [1.82, 2.24) is 20.2 Å². The molecule has 0 saturated carbocycles. The van der Waals surface area contributed by atoms with E-state index in [9.17, 15) is 0 Å². The van der Waals surface area contributed by atoms with Crippen LogP contribution in [-0.2, 0) is 6.54 Å². The van der Waals surface area contributed by atoms with Gasteiger partial charge in [0.15, 0.2) is 0 Å². The average molecular weight is 236 g/mol. The minimum absolute atomic E-state index is 0.643. The molecule has 17 heavy (non-hydrogen) atoms. The maximum atomic E-state index is 3.98. The Bertz CT molecular complexity index is 287. The molecule has 0 aliphatic heterocycles.